The number of benzene rings is 2. The minimum Gasteiger partial charge on any atom is -0.323 e. The molecule has 27 heavy (non-hydrogen) atoms. The summed E-state index contributed by atoms with van der Waals surface area (Å²) in [5.74, 6) is 0. The van der Waals surface area contributed by atoms with Crippen LogP contribution in [0.5, 0.6) is 0 Å². The Morgan fingerprint density at radius 3 is 2.59 bits per heavy atom. The number of para-hydroxylation sites is 1. The van der Waals surface area contributed by atoms with Crippen LogP contribution in [0.25, 0.3) is 0 Å². The zero-order chi connectivity index (χ0) is 18.7. The van der Waals surface area contributed by atoms with E-state index in [0.717, 1.165) is 56.2 Å². The van der Waals surface area contributed by atoms with Gasteiger partial charge in [-0.15, -0.1) is 0 Å². The number of hydrogen-bond donors (Lipinski definition) is 1. The summed E-state index contributed by atoms with van der Waals surface area (Å²) in [5.41, 5.74) is 2.19. The monoisotopic (exact) mass is 383 g/mol. The van der Waals surface area contributed by atoms with Gasteiger partial charge in [-0.25, -0.2) is 4.79 Å². The summed E-state index contributed by atoms with van der Waals surface area (Å²) >= 11 is 6.17. The van der Waals surface area contributed by atoms with Crippen molar-refractivity contribution < 1.29 is 4.79 Å². The van der Waals surface area contributed by atoms with Gasteiger partial charge >= 0.3 is 6.03 Å². The van der Waals surface area contributed by atoms with Crippen molar-refractivity contribution in [3.63, 3.8) is 0 Å². The Morgan fingerprint density at radius 2 is 1.81 bits per heavy atom. The Bertz CT molecular complexity index is 797. The maximum absolute atomic E-state index is 12.8. The highest BCUT2D eigenvalue weighted by Gasteiger charge is 2.44. The van der Waals surface area contributed by atoms with E-state index in [0.29, 0.717) is 0 Å². The van der Waals surface area contributed by atoms with Gasteiger partial charge in [-0.2, -0.15) is 0 Å². The molecule has 0 saturated carbocycles. The highest BCUT2D eigenvalue weighted by atomic mass is 35.5. The van der Waals surface area contributed by atoms with Crippen LogP contribution in [-0.4, -0.2) is 41.0 Å². The van der Waals surface area contributed by atoms with Gasteiger partial charge in [0.05, 0.1) is 0 Å². The molecule has 2 fully saturated rings. The van der Waals surface area contributed by atoms with E-state index >= 15 is 0 Å². The molecule has 2 aromatic carbocycles. The molecule has 4 rings (SSSR count). The van der Waals surface area contributed by atoms with Crippen molar-refractivity contribution >= 4 is 23.3 Å². The fraction of sp³-hybridized carbons (Fsp3) is 0.409. The maximum atomic E-state index is 12.8. The summed E-state index contributed by atoms with van der Waals surface area (Å²) in [5, 5.41) is 3.83. The number of anilines is 1. The minimum atomic E-state index is 0.00915. The van der Waals surface area contributed by atoms with Crippen LogP contribution in [0.1, 0.15) is 31.2 Å². The van der Waals surface area contributed by atoms with Gasteiger partial charge in [0.2, 0.25) is 0 Å². The topological polar surface area (TPSA) is 35.6 Å². The van der Waals surface area contributed by atoms with E-state index in [4.69, 9.17) is 11.6 Å². The lowest BCUT2D eigenvalue weighted by atomic mass is 9.86. The first kappa shape index (κ1) is 18.3. The molecule has 1 N–H and O–H groups in total. The molecule has 2 aliphatic heterocycles. The summed E-state index contributed by atoms with van der Waals surface area (Å²) in [6.07, 6.45) is 4.55. The summed E-state index contributed by atoms with van der Waals surface area (Å²) in [4.78, 5) is 17.4. The number of nitrogens with one attached hydrogen (secondary N) is 1. The van der Waals surface area contributed by atoms with Crippen molar-refractivity contribution in [2.45, 2.75) is 37.8 Å². The Labute approximate surface area is 166 Å². The second-order valence-electron chi connectivity index (χ2n) is 7.70. The smallest absolute Gasteiger partial charge is 0.321 e. The zero-order valence-electron chi connectivity index (χ0n) is 15.5. The van der Waals surface area contributed by atoms with E-state index < -0.39 is 0 Å². The Morgan fingerprint density at radius 1 is 1.04 bits per heavy atom. The first-order chi connectivity index (χ1) is 13.1. The largest absolute Gasteiger partial charge is 0.323 e. The summed E-state index contributed by atoms with van der Waals surface area (Å²) in [7, 11) is 0. The standard InChI is InChI=1S/C22H26ClN3O/c23-19-8-4-7-18(15-19)16-26-14-6-12-22(26)11-5-13-25(17-22)21(27)24-20-9-2-1-3-10-20/h1-4,7-10,15H,5-6,11-14,16-17H2,(H,24,27). The number of carbonyl (C=O) groups is 1. The quantitative estimate of drug-likeness (QED) is 0.809. The number of halogens is 1. The number of likely N-dealkylation sites (tertiary alicyclic amines) is 2. The fourth-order valence-corrected chi connectivity index (χ4v) is 4.78. The van der Waals surface area contributed by atoms with Crippen LogP contribution in [-0.2, 0) is 6.54 Å². The Kier molecular flexibility index (Phi) is 5.37. The normalized spacial score (nSPS) is 22.9. The van der Waals surface area contributed by atoms with E-state index in [-0.39, 0.29) is 11.6 Å². The van der Waals surface area contributed by atoms with Gasteiger partial charge in [0.25, 0.3) is 0 Å². The van der Waals surface area contributed by atoms with Crippen LogP contribution in [0.2, 0.25) is 5.02 Å². The molecule has 4 nitrogen and oxygen atoms in total. The van der Waals surface area contributed by atoms with Crippen molar-refractivity contribution in [1.82, 2.24) is 9.80 Å². The molecule has 1 spiro atoms. The van der Waals surface area contributed by atoms with Crippen LogP contribution in [0, 0.1) is 0 Å². The van der Waals surface area contributed by atoms with Gasteiger partial charge in [-0.05, 0) is 62.1 Å². The third kappa shape index (κ3) is 4.12. The van der Waals surface area contributed by atoms with E-state index in [2.05, 4.69) is 22.3 Å². The van der Waals surface area contributed by atoms with Gasteiger partial charge in [-0.1, -0.05) is 41.9 Å². The number of piperidine rings is 1. The molecular formula is C22H26ClN3O. The number of carbonyl (C=O) groups excluding carboxylic acids is 1. The molecule has 2 saturated heterocycles. The van der Waals surface area contributed by atoms with Crippen molar-refractivity contribution in [1.29, 1.82) is 0 Å². The first-order valence-corrected chi connectivity index (χ1v) is 10.1. The SMILES string of the molecule is O=C(Nc1ccccc1)N1CCCC2(CCCN2Cc2cccc(Cl)c2)C1. The number of rotatable bonds is 3. The van der Waals surface area contributed by atoms with Crippen molar-refractivity contribution in [2.24, 2.45) is 0 Å². The van der Waals surface area contributed by atoms with E-state index in [1.807, 2.05) is 47.4 Å². The molecule has 1 unspecified atom stereocenters. The molecule has 2 aliphatic rings. The van der Waals surface area contributed by atoms with Crippen LogP contribution >= 0.6 is 11.6 Å². The number of urea groups is 1. The highest BCUT2D eigenvalue weighted by molar-refractivity contribution is 6.30. The third-order valence-corrected chi connectivity index (χ3v) is 6.11. The fourth-order valence-electron chi connectivity index (χ4n) is 4.57. The van der Waals surface area contributed by atoms with Crippen molar-refractivity contribution in [2.75, 3.05) is 25.0 Å². The lowest BCUT2D eigenvalue weighted by molar-refractivity contribution is 0.0534. The molecule has 0 bridgehead atoms. The average molecular weight is 384 g/mol. The molecule has 2 heterocycles. The number of amides is 2. The maximum Gasteiger partial charge on any atom is 0.321 e. The molecular weight excluding hydrogens is 358 g/mol. The molecule has 142 valence electrons. The lowest BCUT2D eigenvalue weighted by Crippen LogP contribution is -2.57. The molecule has 0 aromatic heterocycles. The van der Waals surface area contributed by atoms with Gasteiger partial charge in [0, 0.05) is 35.9 Å². The van der Waals surface area contributed by atoms with Gasteiger partial charge < -0.3 is 10.2 Å². The zero-order valence-corrected chi connectivity index (χ0v) is 16.3. The Hall–Kier alpha value is -2.04. The summed E-state index contributed by atoms with van der Waals surface area (Å²) < 4.78 is 0. The molecule has 0 aliphatic carbocycles. The summed E-state index contributed by atoms with van der Waals surface area (Å²) in [6.45, 7) is 3.60. The minimum absolute atomic E-state index is 0.00915. The predicted molar refractivity (Wildman–Crippen MR) is 110 cm³/mol. The van der Waals surface area contributed by atoms with Gasteiger partial charge in [-0.3, -0.25) is 4.90 Å². The van der Waals surface area contributed by atoms with Crippen LogP contribution in [0.15, 0.2) is 54.6 Å². The molecule has 1 atom stereocenters. The van der Waals surface area contributed by atoms with E-state index in [1.165, 1.54) is 12.0 Å². The number of nitrogens with zero attached hydrogens (tertiary/aromatic N) is 2. The van der Waals surface area contributed by atoms with Crippen LogP contribution < -0.4 is 5.32 Å². The highest BCUT2D eigenvalue weighted by Crippen LogP contribution is 2.38. The lowest BCUT2D eigenvalue weighted by Gasteiger charge is -2.46. The van der Waals surface area contributed by atoms with Crippen LogP contribution in [0.3, 0.4) is 0 Å². The third-order valence-electron chi connectivity index (χ3n) is 5.87. The molecule has 5 heteroatoms. The van der Waals surface area contributed by atoms with Crippen LogP contribution in [0.4, 0.5) is 10.5 Å². The van der Waals surface area contributed by atoms with Gasteiger partial charge in [0.15, 0.2) is 0 Å². The second-order valence-corrected chi connectivity index (χ2v) is 8.14. The molecule has 2 aromatic rings. The van der Waals surface area contributed by atoms with Gasteiger partial charge in [0.1, 0.15) is 0 Å². The molecule has 0 radical (unpaired) electrons. The summed E-state index contributed by atoms with van der Waals surface area (Å²) in [6, 6.07) is 17.8. The number of hydrogen-bond acceptors (Lipinski definition) is 2. The average Bonchev–Trinajstić information content (AvgIpc) is 3.04. The van der Waals surface area contributed by atoms with E-state index in [1.54, 1.807) is 0 Å². The van der Waals surface area contributed by atoms with Crippen molar-refractivity contribution in [3.05, 3.63) is 65.2 Å². The molecule has 2 amide bonds. The Balaban J connectivity index is 1.46. The first-order valence-electron chi connectivity index (χ1n) is 9.75. The van der Waals surface area contributed by atoms with E-state index in [9.17, 15) is 4.79 Å². The van der Waals surface area contributed by atoms with Crippen molar-refractivity contribution in [3.8, 4) is 0 Å². The second kappa shape index (κ2) is 7.91. The predicted octanol–water partition coefficient (Wildman–Crippen LogP) is 5.00.